The van der Waals surface area contributed by atoms with Crippen LogP contribution in [0.3, 0.4) is 0 Å². The third-order valence-electron chi connectivity index (χ3n) is 4.24. The van der Waals surface area contributed by atoms with Crippen LogP contribution >= 0.6 is 0 Å². The molecule has 0 aliphatic carbocycles. The fraction of sp³-hybridized carbons (Fsp3) is 0.238. The van der Waals surface area contributed by atoms with Crippen molar-refractivity contribution in [2.45, 2.75) is 13.0 Å². The highest BCUT2D eigenvalue weighted by molar-refractivity contribution is 5.89. The molecule has 152 valence electrons. The van der Waals surface area contributed by atoms with Gasteiger partial charge in [-0.15, -0.1) is 0 Å². The van der Waals surface area contributed by atoms with Gasteiger partial charge in [0.15, 0.2) is 29.6 Å². The van der Waals surface area contributed by atoms with Crippen molar-refractivity contribution in [3.05, 3.63) is 53.6 Å². The highest BCUT2D eigenvalue weighted by Crippen LogP contribution is 2.34. The minimum atomic E-state index is -0.664. The topological polar surface area (TPSA) is 103 Å². The lowest BCUT2D eigenvalue weighted by Gasteiger charge is -2.14. The minimum Gasteiger partial charge on any atom is -0.504 e. The Kier molecular flexibility index (Phi) is 6.23. The van der Waals surface area contributed by atoms with E-state index < -0.39 is 18.5 Å². The number of carbonyl (C=O) groups excluding carboxylic acids is 2. The van der Waals surface area contributed by atoms with Crippen LogP contribution < -0.4 is 19.5 Å². The van der Waals surface area contributed by atoms with Crippen LogP contribution in [0.1, 0.15) is 24.1 Å². The van der Waals surface area contributed by atoms with Crippen LogP contribution in [0, 0.1) is 0 Å². The number of rotatable bonds is 7. The normalized spacial score (nSPS) is 13.2. The first kappa shape index (κ1) is 20.1. The predicted molar refractivity (Wildman–Crippen MR) is 104 cm³/mol. The van der Waals surface area contributed by atoms with Crippen molar-refractivity contribution in [1.82, 2.24) is 5.32 Å². The molecule has 3 rings (SSSR count). The quantitative estimate of drug-likeness (QED) is 0.545. The Morgan fingerprint density at radius 2 is 2.00 bits per heavy atom. The maximum atomic E-state index is 12.0. The lowest BCUT2D eigenvalue weighted by atomic mass is 10.1. The Hall–Kier alpha value is -3.68. The number of hydrogen-bond acceptors (Lipinski definition) is 7. The Morgan fingerprint density at radius 1 is 1.21 bits per heavy atom. The Labute approximate surface area is 167 Å². The molecular formula is C21H21NO7. The molecule has 29 heavy (non-hydrogen) atoms. The van der Waals surface area contributed by atoms with Gasteiger partial charge in [0, 0.05) is 6.08 Å². The fourth-order valence-corrected chi connectivity index (χ4v) is 2.70. The van der Waals surface area contributed by atoms with Crippen LogP contribution in [-0.2, 0) is 14.3 Å². The molecule has 0 aromatic heterocycles. The molecule has 1 unspecified atom stereocenters. The largest absolute Gasteiger partial charge is 0.504 e. The molecular weight excluding hydrogens is 378 g/mol. The van der Waals surface area contributed by atoms with Crippen molar-refractivity contribution in [3.63, 3.8) is 0 Å². The number of aromatic hydroxyl groups is 1. The molecule has 0 saturated heterocycles. The zero-order chi connectivity index (χ0) is 20.8. The van der Waals surface area contributed by atoms with Gasteiger partial charge < -0.3 is 29.4 Å². The van der Waals surface area contributed by atoms with Gasteiger partial charge in [-0.1, -0.05) is 12.1 Å². The second-order valence-corrected chi connectivity index (χ2v) is 6.27. The highest BCUT2D eigenvalue weighted by Gasteiger charge is 2.17. The molecule has 0 spiro atoms. The van der Waals surface area contributed by atoms with Crippen molar-refractivity contribution in [3.8, 4) is 23.0 Å². The Balaban J connectivity index is 1.48. The predicted octanol–water partition coefficient (Wildman–Crippen LogP) is 2.56. The summed E-state index contributed by atoms with van der Waals surface area (Å²) in [6.45, 7) is 1.59. The number of hydrogen-bond donors (Lipinski definition) is 2. The van der Waals surface area contributed by atoms with E-state index in [0.29, 0.717) is 17.1 Å². The third kappa shape index (κ3) is 5.19. The first-order valence-corrected chi connectivity index (χ1v) is 8.87. The van der Waals surface area contributed by atoms with E-state index in [1.165, 1.54) is 25.3 Å². The van der Waals surface area contributed by atoms with Gasteiger partial charge in [0.25, 0.3) is 5.91 Å². The molecule has 1 aliphatic rings. The van der Waals surface area contributed by atoms with E-state index in [1.807, 2.05) is 13.0 Å². The first-order chi connectivity index (χ1) is 14.0. The number of carbonyl (C=O) groups is 2. The number of phenols is 1. The molecule has 8 heteroatoms. The molecule has 1 atom stereocenters. The van der Waals surface area contributed by atoms with Crippen molar-refractivity contribution >= 4 is 18.0 Å². The van der Waals surface area contributed by atoms with Crippen LogP contribution in [0.15, 0.2) is 42.5 Å². The molecule has 0 saturated carbocycles. The maximum Gasteiger partial charge on any atom is 0.331 e. The number of amides is 1. The van der Waals surface area contributed by atoms with Crippen molar-refractivity contribution in [2.75, 3.05) is 20.5 Å². The van der Waals surface area contributed by atoms with Gasteiger partial charge >= 0.3 is 5.97 Å². The molecule has 0 bridgehead atoms. The lowest BCUT2D eigenvalue weighted by molar-refractivity contribution is -0.144. The monoisotopic (exact) mass is 399 g/mol. The summed E-state index contributed by atoms with van der Waals surface area (Å²) in [6.07, 6.45) is 2.69. The van der Waals surface area contributed by atoms with Gasteiger partial charge in [0.1, 0.15) is 0 Å². The molecule has 1 amide bonds. The van der Waals surface area contributed by atoms with Gasteiger partial charge in [0.05, 0.1) is 13.2 Å². The second kappa shape index (κ2) is 9.01. The van der Waals surface area contributed by atoms with E-state index in [9.17, 15) is 14.7 Å². The van der Waals surface area contributed by atoms with E-state index in [1.54, 1.807) is 24.3 Å². The van der Waals surface area contributed by atoms with Gasteiger partial charge in [-0.3, -0.25) is 4.79 Å². The zero-order valence-corrected chi connectivity index (χ0v) is 16.0. The molecule has 0 fully saturated rings. The number of fused-ring (bicyclic) bond motifs is 1. The fourth-order valence-electron chi connectivity index (χ4n) is 2.70. The van der Waals surface area contributed by atoms with Crippen LogP contribution in [0.5, 0.6) is 23.0 Å². The van der Waals surface area contributed by atoms with E-state index in [4.69, 9.17) is 18.9 Å². The van der Waals surface area contributed by atoms with Crippen LogP contribution in [0.2, 0.25) is 0 Å². The van der Waals surface area contributed by atoms with Crippen LogP contribution in [0.25, 0.3) is 6.08 Å². The summed E-state index contributed by atoms with van der Waals surface area (Å²) in [4.78, 5) is 23.9. The van der Waals surface area contributed by atoms with Gasteiger partial charge in [-0.2, -0.15) is 0 Å². The molecule has 8 nitrogen and oxygen atoms in total. The molecule has 2 aromatic carbocycles. The number of ether oxygens (including phenoxy) is 4. The summed E-state index contributed by atoms with van der Waals surface area (Å²) in [5.74, 6) is 0.495. The second-order valence-electron chi connectivity index (χ2n) is 6.27. The standard InChI is InChI=1S/C21H21NO7/c1-13(15-5-7-17-19(10-15)29-12-28-17)22-20(24)11-27-21(25)8-4-14-3-6-16(23)18(9-14)26-2/h3-10,13,23H,11-12H2,1-2H3,(H,22,24)/b8-4+. The molecule has 0 radical (unpaired) electrons. The Bertz CT molecular complexity index is 939. The molecule has 2 N–H and O–H groups in total. The SMILES string of the molecule is COc1cc(/C=C/C(=O)OCC(=O)NC(C)c2ccc3c(c2)OCO3)ccc1O. The number of nitrogens with one attached hydrogen (secondary N) is 1. The van der Waals surface area contributed by atoms with E-state index in [0.717, 1.165) is 5.56 Å². The minimum absolute atomic E-state index is 0.000442. The average molecular weight is 399 g/mol. The summed E-state index contributed by atoms with van der Waals surface area (Å²) in [6, 6.07) is 9.75. The number of benzene rings is 2. The Morgan fingerprint density at radius 3 is 2.79 bits per heavy atom. The van der Waals surface area contributed by atoms with E-state index in [2.05, 4.69) is 5.32 Å². The number of methoxy groups -OCH3 is 1. The molecule has 1 heterocycles. The summed E-state index contributed by atoms with van der Waals surface area (Å²) < 4.78 is 20.5. The maximum absolute atomic E-state index is 12.0. The summed E-state index contributed by atoms with van der Waals surface area (Å²) in [5, 5.41) is 12.3. The molecule has 1 aliphatic heterocycles. The molecule has 2 aromatic rings. The van der Waals surface area contributed by atoms with Crippen LogP contribution in [-0.4, -0.2) is 37.5 Å². The number of esters is 1. The van der Waals surface area contributed by atoms with Gasteiger partial charge in [-0.05, 0) is 48.4 Å². The van der Waals surface area contributed by atoms with Gasteiger partial charge in [-0.25, -0.2) is 4.79 Å². The lowest BCUT2D eigenvalue weighted by Crippen LogP contribution is -2.30. The van der Waals surface area contributed by atoms with E-state index in [-0.39, 0.29) is 24.3 Å². The van der Waals surface area contributed by atoms with Crippen molar-refractivity contribution < 1.29 is 33.6 Å². The van der Waals surface area contributed by atoms with E-state index >= 15 is 0 Å². The smallest absolute Gasteiger partial charge is 0.331 e. The third-order valence-corrected chi connectivity index (χ3v) is 4.24. The number of phenolic OH excluding ortho intramolecular Hbond substituents is 1. The van der Waals surface area contributed by atoms with Crippen molar-refractivity contribution in [2.24, 2.45) is 0 Å². The van der Waals surface area contributed by atoms with Gasteiger partial charge in [0.2, 0.25) is 6.79 Å². The summed E-state index contributed by atoms with van der Waals surface area (Å²) in [7, 11) is 1.43. The van der Waals surface area contributed by atoms with Crippen LogP contribution in [0.4, 0.5) is 0 Å². The highest BCUT2D eigenvalue weighted by atomic mass is 16.7. The summed E-state index contributed by atoms with van der Waals surface area (Å²) >= 11 is 0. The zero-order valence-electron chi connectivity index (χ0n) is 16.0. The first-order valence-electron chi connectivity index (χ1n) is 8.87. The average Bonchev–Trinajstić information content (AvgIpc) is 3.19. The van der Waals surface area contributed by atoms with Crippen molar-refractivity contribution in [1.29, 1.82) is 0 Å². The summed E-state index contributed by atoms with van der Waals surface area (Å²) in [5.41, 5.74) is 1.48.